The molecule has 21 heavy (non-hydrogen) atoms. The molecule has 1 aromatic carbocycles. The highest BCUT2D eigenvalue weighted by atomic mass is 16.4. The van der Waals surface area contributed by atoms with E-state index in [9.17, 15) is 14.7 Å². The molecule has 1 aliphatic heterocycles. The second kappa shape index (κ2) is 5.32. The zero-order valence-corrected chi connectivity index (χ0v) is 11.2. The van der Waals surface area contributed by atoms with Crippen LogP contribution >= 0.6 is 0 Å². The summed E-state index contributed by atoms with van der Waals surface area (Å²) in [4.78, 5) is 32.9. The average molecular weight is 283 g/mol. The maximum absolute atomic E-state index is 11.9. The highest BCUT2D eigenvalue weighted by Crippen LogP contribution is 2.28. The van der Waals surface area contributed by atoms with Gasteiger partial charge in [-0.3, -0.25) is 4.79 Å². The number of nitrogens with zero attached hydrogens (tertiary/aromatic N) is 3. The normalized spacial score (nSPS) is 13.9. The lowest BCUT2D eigenvalue weighted by Crippen LogP contribution is -2.32. The van der Waals surface area contributed by atoms with E-state index in [1.807, 2.05) is 23.1 Å². The second-order valence-corrected chi connectivity index (χ2v) is 4.80. The molecule has 0 fully saturated rings. The third-order valence-corrected chi connectivity index (χ3v) is 3.52. The van der Waals surface area contributed by atoms with Crippen LogP contribution in [0, 0.1) is 0 Å². The van der Waals surface area contributed by atoms with Crippen LogP contribution in [0.15, 0.2) is 36.8 Å². The number of fused-ring (bicyclic) bond motifs is 1. The number of ketones is 1. The Morgan fingerprint density at radius 1 is 1.33 bits per heavy atom. The molecule has 2 heterocycles. The Kier molecular flexibility index (Phi) is 3.35. The number of hydrogen-bond donors (Lipinski definition) is 1. The van der Waals surface area contributed by atoms with E-state index in [1.165, 1.54) is 12.5 Å². The van der Waals surface area contributed by atoms with E-state index in [0.717, 1.165) is 5.69 Å². The molecule has 0 radical (unpaired) electrons. The number of benzene rings is 1. The first kappa shape index (κ1) is 13.2. The summed E-state index contributed by atoms with van der Waals surface area (Å²) < 4.78 is 0. The molecule has 6 nitrogen and oxygen atoms in total. The van der Waals surface area contributed by atoms with Gasteiger partial charge in [0, 0.05) is 30.4 Å². The molecule has 0 aliphatic carbocycles. The number of para-hydroxylation sites is 1. The van der Waals surface area contributed by atoms with Crippen LogP contribution in [0.4, 0.5) is 5.69 Å². The van der Waals surface area contributed by atoms with Gasteiger partial charge in [0.1, 0.15) is 11.9 Å². The van der Waals surface area contributed by atoms with Gasteiger partial charge in [0.25, 0.3) is 0 Å². The molecule has 0 spiro atoms. The van der Waals surface area contributed by atoms with Gasteiger partial charge in [-0.1, -0.05) is 12.1 Å². The number of carboxylic acids is 1. The van der Waals surface area contributed by atoms with Crippen LogP contribution in [0.5, 0.6) is 0 Å². The van der Waals surface area contributed by atoms with Crippen molar-refractivity contribution in [3.05, 3.63) is 53.6 Å². The lowest BCUT2D eigenvalue weighted by Gasteiger charge is -2.30. The van der Waals surface area contributed by atoms with E-state index in [4.69, 9.17) is 0 Å². The van der Waals surface area contributed by atoms with Gasteiger partial charge in [-0.2, -0.15) is 0 Å². The molecule has 0 atom stereocenters. The summed E-state index contributed by atoms with van der Waals surface area (Å²) in [5.41, 5.74) is 2.03. The Balaban J connectivity index is 1.95. The van der Waals surface area contributed by atoms with Crippen LogP contribution in [-0.4, -0.2) is 33.4 Å². The molecule has 0 amide bonds. The number of aromatic nitrogens is 2. The molecule has 3 rings (SSSR count). The zero-order chi connectivity index (χ0) is 14.8. The van der Waals surface area contributed by atoms with Crippen molar-refractivity contribution in [3.63, 3.8) is 0 Å². The van der Waals surface area contributed by atoms with Crippen LogP contribution < -0.4 is 4.90 Å². The summed E-state index contributed by atoms with van der Waals surface area (Å²) in [5, 5.41) is 9.18. The van der Waals surface area contributed by atoms with E-state index >= 15 is 0 Å². The highest BCUT2D eigenvalue weighted by molar-refractivity contribution is 6.03. The second-order valence-electron chi connectivity index (χ2n) is 4.80. The van der Waals surface area contributed by atoms with Gasteiger partial charge in [-0.15, -0.1) is 0 Å². The van der Waals surface area contributed by atoms with Gasteiger partial charge in [0.05, 0.1) is 12.2 Å². The quantitative estimate of drug-likeness (QED) is 0.924. The molecule has 1 aliphatic rings. The predicted octanol–water partition coefficient (Wildman–Crippen LogP) is 1.77. The Hall–Kier alpha value is -2.76. The van der Waals surface area contributed by atoms with Crippen LogP contribution in [0.3, 0.4) is 0 Å². The third kappa shape index (κ3) is 2.47. The summed E-state index contributed by atoms with van der Waals surface area (Å²) in [6.45, 7) is 0.896. The Bertz CT molecular complexity index is 715. The minimum atomic E-state index is -1.05. The number of aromatic carboxylic acids is 1. The topological polar surface area (TPSA) is 83.4 Å². The Morgan fingerprint density at radius 2 is 2.14 bits per heavy atom. The number of Topliss-reactive ketones (excluding diaryl/α,β-unsaturated/α-hetero) is 1. The number of carboxylic acid groups (broad SMARTS) is 1. The standard InChI is InChI=1S/C15H13N3O3/c19-14-5-6-18(13-4-2-1-3-10(13)14)8-12-11(15(20)21)7-16-9-17-12/h1-4,7,9H,5-6,8H2,(H,20,21). The fourth-order valence-electron chi connectivity index (χ4n) is 2.48. The van der Waals surface area contributed by atoms with Gasteiger partial charge in [-0.05, 0) is 12.1 Å². The smallest absolute Gasteiger partial charge is 0.339 e. The van der Waals surface area contributed by atoms with Crippen molar-refractivity contribution in [2.75, 3.05) is 11.4 Å². The highest BCUT2D eigenvalue weighted by Gasteiger charge is 2.24. The first-order valence-corrected chi connectivity index (χ1v) is 6.56. The Morgan fingerprint density at radius 3 is 2.95 bits per heavy atom. The van der Waals surface area contributed by atoms with Crippen molar-refractivity contribution in [1.82, 2.24) is 9.97 Å². The summed E-state index contributed by atoms with van der Waals surface area (Å²) in [7, 11) is 0. The van der Waals surface area contributed by atoms with Crippen molar-refractivity contribution in [2.24, 2.45) is 0 Å². The molecule has 106 valence electrons. The maximum Gasteiger partial charge on any atom is 0.339 e. The van der Waals surface area contributed by atoms with Gasteiger partial charge >= 0.3 is 5.97 Å². The number of anilines is 1. The van der Waals surface area contributed by atoms with Crippen LogP contribution in [0.25, 0.3) is 0 Å². The summed E-state index contributed by atoms with van der Waals surface area (Å²) >= 11 is 0. The van der Waals surface area contributed by atoms with Crippen LogP contribution in [-0.2, 0) is 6.54 Å². The van der Waals surface area contributed by atoms with Crippen LogP contribution in [0.1, 0.15) is 32.8 Å². The van der Waals surface area contributed by atoms with Gasteiger partial charge in [0.15, 0.2) is 5.78 Å². The average Bonchev–Trinajstić information content (AvgIpc) is 2.51. The van der Waals surface area contributed by atoms with Crippen molar-refractivity contribution < 1.29 is 14.7 Å². The van der Waals surface area contributed by atoms with E-state index in [0.29, 0.717) is 30.8 Å². The minimum absolute atomic E-state index is 0.0897. The summed E-state index contributed by atoms with van der Waals surface area (Å²) in [6.07, 6.45) is 3.05. The van der Waals surface area contributed by atoms with Gasteiger partial charge in [-0.25, -0.2) is 14.8 Å². The number of carbonyl (C=O) groups excluding carboxylic acids is 1. The largest absolute Gasteiger partial charge is 0.478 e. The lowest BCUT2D eigenvalue weighted by atomic mass is 10.00. The molecule has 1 aromatic heterocycles. The minimum Gasteiger partial charge on any atom is -0.478 e. The number of hydrogen-bond acceptors (Lipinski definition) is 5. The number of carbonyl (C=O) groups is 2. The van der Waals surface area contributed by atoms with Crippen molar-refractivity contribution >= 4 is 17.4 Å². The maximum atomic E-state index is 11.9. The van der Waals surface area contributed by atoms with Crippen molar-refractivity contribution in [1.29, 1.82) is 0 Å². The van der Waals surface area contributed by atoms with E-state index in [1.54, 1.807) is 6.07 Å². The molecular formula is C15H13N3O3. The molecule has 2 aromatic rings. The van der Waals surface area contributed by atoms with Crippen molar-refractivity contribution in [2.45, 2.75) is 13.0 Å². The first-order chi connectivity index (χ1) is 10.2. The number of rotatable bonds is 3. The SMILES string of the molecule is O=C1CCN(Cc2ncncc2C(=O)O)c2ccccc21. The molecule has 1 N–H and O–H groups in total. The first-order valence-electron chi connectivity index (χ1n) is 6.56. The molecule has 0 saturated heterocycles. The van der Waals surface area contributed by atoms with E-state index in [-0.39, 0.29) is 11.3 Å². The van der Waals surface area contributed by atoms with Crippen molar-refractivity contribution in [3.8, 4) is 0 Å². The molecule has 0 bridgehead atoms. The monoisotopic (exact) mass is 283 g/mol. The molecule has 0 saturated carbocycles. The Labute approximate surface area is 121 Å². The summed E-state index contributed by atoms with van der Waals surface area (Å²) in [6, 6.07) is 7.35. The van der Waals surface area contributed by atoms with Gasteiger partial charge < -0.3 is 10.0 Å². The molecule has 0 unspecified atom stereocenters. The molecular weight excluding hydrogens is 270 g/mol. The van der Waals surface area contributed by atoms with E-state index in [2.05, 4.69) is 9.97 Å². The fraction of sp³-hybridized carbons (Fsp3) is 0.200. The zero-order valence-electron chi connectivity index (χ0n) is 11.2. The molecule has 6 heteroatoms. The van der Waals surface area contributed by atoms with Crippen LogP contribution in [0.2, 0.25) is 0 Å². The lowest BCUT2D eigenvalue weighted by molar-refractivity contribution is 0.0694. The third-order valence-electron chi connectivity index (χ3n) is 3.52. The van der Waals surface area contributed by atoms with Gasteiger partial charge in [0.2, 0.25) is 0 Å². The van der Waals surface area contributed by atoms with E-state index < -0.39 is 5.97 Å². The predicted molar refractivity (Wildman–Crippen MR) is 75.4 cm³/mol. The summed E-state index contributed by atoms with van der Waals surface area (Å²) in [5.74, 6) is -0.935. The fourth-order valence-corrected chi connectivity index (χ4v) is 2.48.